The normalized spacial score (nSPS) is 50.7. The van der Waals surface area contributed by atoms with Crippen molar-refractivity contribution in [2.45, 2.75) is 45.2 Å². The van der Waals surface area contributed by atoms with Crippen LogP contribution in [0, 0.1) is 17.8 Å². The van der Waals surface area contributed by atoms with Crippen LogP contribution in [-0.4, -0.2) is 6.17 Å². The van der Waals surface area contributed by atoms with Crippen LogP contribution >= 0.6 is 0 Å². The molecular weight excluding hydrogens is 139 g/mol. The highest BCUT2D eigenvalue weighted by molar-refractivity contribution is 4.89. The molecule has 0 amide bonds. The molecule has 0 spiro atoms. The van der Waals surface area contributed by atoms with Crippen molar-refractivity contribution in [3.05, 3.63) is 0 Å². The Morgan fingerprint density at radius 3 is 2.73 bits per heavy atom. The van der Waals surface area contributed by atoms with E-state index in [0.29, 0.717) is 5.92 Å². The van der Waals surface area contributed by atoms with E-state index in [1.165, 1.54) is 12.8 Å². The molecule has 0 heterocycles. The molecule has 0 radical (unpaired) electrons. The molecule has 0 aromatic heterocycles. The topological polar surface area (TPSA) is 0 Å². The lowest BCUT2D eigenvalue weighted by molar-refractivity contribution is 0.129. The molecule has 0 bridgehead atoms. The first-order chi connectivity index (χ1) is 5.27. The first kappa shape index (κ1) is 7.57. The molecule has 0 N–H and O–H groups in total. The lowest BCUT2D eigenvalue weighted by Gasteiger charge is -2.28. The van der Waals surface area contributed by atoms with Crippen molar-refractivity contribution < 1.29 is 4.39 Å². The van der Waals surface area contributed by atoms with Gasteiger partial charge >= 0.3 is 0 Å². The van der Waals surface area contributed by atoms with E-state index >= 15 is 0 Å². The van der Waals surface area contributed by atoms with Crippen LogP contribution in [0.15, 0.2) is 0 Å². The second-order valence-corrected chi connectivity index (χ2v) is 4.45. The molecule has 0 aromatic carbocycles. The van der Waals surface area contributed by atoms with E-state index in [1.807, 2.05) is 0 Å². The minimum atomic E-state index is -0.460. The Morgan fingerprint density at radius 1 is 1.18 bits per heavy atom. The van der Waals surface area contributed by atoms with Gasteiger partial charge in [-0.25, -0.2) is 4.39 Å². The highest BCUT2D eigenvalue weighted by Gasteiger charge is 2.39. The van der Waals surface area contributed by atoms with Gasteiger partial charge in [-0.1, -0.05) is 13.3 Å². The third-order valence-electron chi connectivity index (χ3n) is 3.50. The summed E-state index contributed by atoms with van der Waals surface area (Å²) < 4.78 is 13.3. The maximum atomic E-state index is 13.3. The molecular formula is C10H17F. The van der Waals surface area contributed by atoms with Gasteiger partial charge in [0.2, 0.25) is 0 Å². The van der Waals surface area contributed by atoms with Crippen molar-refractivity contribution in [2.24, 2.45) is 17.8 Å². The van der Waals surface area contributed by atoms with Gasteiger partial charge in [0.15, 0.2) is 0 Å². The lowest BCUT2D eigenvalue weighted by Crippen LogP contribution is -2.24. The molecule has 0 nitrogen and oxygen atoms in total. The van der Waals surface area contributed by atoms with Gasteiger partial charge in [0, 0.05) is 0 Å². The van der Waals surface area contributed by atoms with Crippen LogP contribution in [0.1, 0.15) is 39.0 Å². The maximum absolute atomic E-state index is 13.3. The molecule has 2 aliphatic rings. The van der Waals surface area contributed by atoms with Crippen LogP contribution in [0.3, 0.4) is 0 Å². The maximum Gasteiger partial charge on any atom is 0.103 e. The highest BCUT2D eigenvalue weighted by Crippen LogP contribution is 2.45. The van der Waals surface area contributed by atoms with Crippen molar-refractivity contribution >= 4 is 0 Å². The van der Waals surface area contributed by atoms with E-state index in [4.69, 9.17) is 0 Å². The molecule has 0 saturated heterocycles. The molecule has 11 heavy (non-hydrogen) atoms. The Kier molecular flexibility index (Phi) is 1.90. The molecule has 2 fully saturated rings. The zero-order valence-electron chi connectivity index (χ0n) is 7.22. The minimum Gasteiger partial charge on any atom is -0.247 e. The van der Waals surface area contributed by atoms with Crippen molar-refractivity contribution in [1.82, 2.24) is 0 Å². The quantitative estimate of drug-likeness (QED) is 0.505. The summed E-state index contributed by atoms with van der Waals surface area (Å²) in [6.45, 7) is 2.27. The summed E-state index contributed by atoms with van der Waals surface area (Å²) in [6, 6.07) is 0. The van der Waals surface area contributed by atoms with Crippen LogP contribution in [0.25, 0.3) is 0 Å². The van der Waals surface area contributed by atoms with Crippen molar-refractivity contribution in [1.29, 1.82) is 0 Å². The summed E-state index contributed by atoms with van der Waals surface area (Å²) in [5, 5.41) is 0. The van der Waals surface area contributed by atoms with Gasteiger partial charge in [0.05, 0.1) is 0 Å². The molecule has 0 aliphatic heterocycles. The van der Waals surface area contributed by atoms with Crippen LogP contribution in [0.2, 0.25) is 0 Å². The Balaban J connectivity index is 2.03. The fourth-order valence-electron chi connectivity index (χ4n) is 3.01. The third kappa shape index (κ3) is 1.30. The Labute approximate surface area is 68.2 Å². The van der Waals surface area contributed by atoms with Crippen molar-refractivity contribution in [3.63, 3.8) is 0 Å². The number of alkyl halides is 1. The molecule has 2 saturated carbocycles. The van der Waals surface area contributed by atoms with Gasteiger partial charge in [-0.15, -0.1) is 0 Å². The molecule has 4 unspecified atom stereocenters. The minimum absolute atomic E-state index is 0.443. The number of rotatable bonds is 0. The monoisotopic (exact) mass is 156 g/mol. The predicted octanol–water partition coefficient (Wildman–Crippen LogP) is 3.17. The number of halogens is 1. The van der Waals surface area contributed by atoms with E-state index in [9.17, 15) is 4.39 Å². The van der Waals surface area contributed by atoms with Crippen LogP contribution < -0.4 is 0 Å². The van der Waals surface area contributed by atoms with Gasteiger partial charge in [-0.05, 0) is 43.4 Å². The lowest BCUT2D eigenvalue weighted by atomic mass is 9.80. The van der Waals surface area contributed by atoms with Gasteiger partial charge in [0.25, 0.3) is 0 Å². The van der Waals surface area contributed by atoms with E-state index < -0.39 is 6.17 Å². The molecule has 2 rings (SSSR count). The fraction of sp³-hybridized carbons (Fsp3) is 1.00. The SMILES string of the molecule is CC1CC2CCCC(F)C2C1. The summed E-state index contributed by atoms with van der Waals surface area (Å²) in [7, 11) is 0. The molecule has 2 aliphatic carbocycles. The largest absolute Gasteiger partial charge is 0.247 e. The summed E-state index contributed by atoms with van der Waals surface area (Å²) in [5.74, 6) is 1.98. The van der Waals surface area contributed by atoms with E-state index in [0.717, 1.165) is 31.1 Å². The zero-order valence-corrected chi connectivity index (χ0v) is 7.22. The van der Waals surface area contributed by atoms with E-state index in [-0.39, 0.29) is 0 Å². The summed E-state index contributed by atoms with van der Waals surface area (Å²) in [5.41, 5.74) is 0. The molecule has 0 aromatic rings. The second kappa shape index (κ2) is 2.76. The highest BCUT2D eigenvalue weighted by atomic mass is 19.1. The van der Waals surface area contributed by atoms with E-state index in [1.54, 1.807) is 0 Å². The smallest absolute Gasteiger partial charge is 0.103 e. The Hall–Kier alpha value is -0.0700. The van der Waals surface area contributed by atoms with Gasteiger partial charge in [-0.3, -0.25) is 0 Å². The average molecular weight is 156 g/mol. The van der Waals surface area contributed by atoms with Gasteiger partial charge in [0.1, 0.15) is 6.17 Å². The number of hydrogen-bond donors (Lipinski definition) is 0. The Morgan fingerprint density at radius 2 is 2.00 bits per heavy atom. The second-order valence-electron chi connectivity index (χ2n) is 4.45. The van der Waals surface area contributed by atoms with E-state index in [2.05, 4.69) is 6.92 Å². The Bertz CT molecular complexity index is 144. The number of hydrogen-bond acceptors (Lipinski definition) is 0. The van der Waals surface area contributed by atoms with Gasteiger partial charge in [-0.2, -0.15) is 0 Å². The first-order valence-corrected chi connectivity index (χ1v) is 4.91. The molecule has 64 valence electrons. The number of fused-ring (bicyclic) bond motifs is 1. The van der Waals surface area contributed by atoms with Crippen LogP contribution in [0.4, 0.5) is 4.39 Å². The van der Waals surface area contributed by atoms with Gasteiger partial charge < -0.3 is 0 Å². The zero-order chi connectivity index (χ0) is 7.84. The third-order valence-corrected chi connectivity index (χ3v) is 3.50. The van der Waals surface area contributed by atoms with Crippen LogP contribution in [0.5, 0.6) is 0 Å². The predicted molar refractivity (Wildman–Crippen MR) is 44.1 cm³/mol. The fourth-order valence-corrected chi connectivity index (χ4v) is 3.01. The molecule has 4 atom stereocenters. The van der Waals surface area contributed by atoms with Crippen molar-refractivity contribution in [3.8, 4) is 0 Å². The first-order valence-electron chi connectivity index (χ1n) is 4.91. The summed E-state index contributed by atoms with van der Waals surface area (Å²) in [4.78, 5) is 0. The average Bonchev–Trinajstić information content (AvgIpc) is 2.31. The van der Waals surface area contributed by atoms with Crippen LogP contribution in [-0.2, 0) is 0 Å². The summed E-state index contributed by atoms with van der Waals surface area (Å²) >= 11 is 0. The van der Waals surface area contributed by atoms with Crippen molar-refractivity contribution in [2.75, 3.05) is 0 Å². The molecule has 1 heteroatoms. The standard InChI is InChI=1S/C10H17F/c1-7-5-8-3-2-4-10(11)9(8)6-7/h7-10H,2-6H2,1H3. The summed E-state index contributed by atoms with van der Waals surface area (Å²) in [6.07, 6.45) is 5.27.